The van der Waals surface area contributed by atoms with E-state index in [1.54, 1.807) is 0 Å². The molecular weight excluding hydrogens is 729 g/mol. The van der Waals surface area contributed by atoms with E-state index in [0.29, 0.717) is 17.5 Å². The van der Waals surface area contributed by atoms with Gasteiger partial charge in [-0.15, -0.1) is 0 Å². The average molecular weight is 767 g/mol. The molecule has 8 aromatic carbocycles. The van der Waals surface area contributed by atoms with Crippen molar-refractivity contribution in [1.29, 1.82) is 0 Å². The molecule has 0 atom stereocenters. The molecular formula is C56H38N4. The molecule has 0 aliphatic heterocycles. The Kier molecular flexibility index (Phi) is 9.92. The van der Waals surface area contributed by atoms with Gasteiger partial charge in [0.15, 0.2) is 17.5 Å². The van der Waals surface area contributed by atoms with Gasteiger partial charge in [-0.3, -0.25) is 0 Å². The van der Waals surface area contributed by atoms with Crippen molar-refractivity contribution in [2.24, 2.45) is 0 Å². The molecule has 0 fully saturated rings. The maximum absolute atomic E-state index is 5.62. The Bertz CT molecular complexity index is 2890. The van der Waals surface area contributed by atoms with Crippen LogP contribution in [0.4, 0.5) is 0 Å². The topological polar surface area (TPSA) is 51.6 Å². The first-order valence-electron chi connectivity index (χ1n) is 20.1. The molecule has 2 heterocycles. The van der Waals surface area contributed by atoms with Crippen LogP contribution in [0.15, 0.2) is 231 Å². The van der Waals surface area contributed by atoms with E-state index in [2.05, 4.69) is 170 Å². The fourth-order valence-corrected chi connectivity index (χ4v) is 7.89. The summed E-state index contributed by atoms with van der Waals surface area (Å²) in [6, 6.07) is 80.0. The van der Waals surface area contributed by atoms with Crippen molar-refractivity contribution in [3.05, 3.63) is 231 Å². The van der Waals surface area contributed by atoms with Gasteiger partial charge in [-0.2, -0.15) is 0 Å². The number of benzene rings is 8. The quantitative estimate of drug-likeness (QED) is 0.147. The lowest BCUT2D eigenvalue weighted by Crippen LogP contribution is -2.01. The molecule has 0 aliphatic rings. The predicted octanol–water partition coefficient (Wildman–Crippen LogP) is 14.3. The van der Waals surface area contributed by atoms with Crippen molar-refractivity contribution < 1.29 is 0 Å². The molecule has 4 heteroatoms. The van der Waals surface area contributed by atoms with Gasteiger partial charge in [0.25, 0.3) is 0 Å². The van der Waals surface area contributed by atoms with Crippen LogP contribution in [-0.2, 0) is 0 Å². The van der Waals surface area contributed by atoms with Gasteiger partial charge in [-0.25, -0.2) is 19.9 Å². The van der Waals surface area contributed by atoms with Crippen LogP contribution < -0.4 is 0 Å². The normalized spacial score (nSPS) is 11.0. The number of hydrogen-bond acceptors (Lipinski definition) is 4. The highest BCUT2D eigenvalue weighted by atomic mass is 15.0. The van der Waals surface area contributed by atoms with Crippen LogP contribution in [0.1, 0.15) is 0 Å². The third kappa shape index (κ3) is 7.30. The summed E-state index contributed by atoms with van der Waals surface area (Å²) < 4.78 is 0. The van der Waals surface area contributed by atoms with Gasteiger partial charge < -0.3 is 0 Å². The molecule has 0 saturated carbocycles. The van der Waals surface area contributed by atoms with E-state index in [-0.39, 0.29) is 0 Å². The minimum absolute atomic E-state index is 0.618. The molecule has 60 heavy (non-hydrogen) atoms. The number of aromatic nitrogens is 4. The molecule has 0 unspecified atom stereocenters. The van der Waals surface area contributed by atoms with Gasteiger partial charge >= 0.3 is 0 Å². The molecule has 2 aromatic heterocycles. The summed E-state index contributed by atoms with van der Waals surface area (Å²) in [6.45, 7) is 0. The van der Waals surface area contributed by atoms with Crippen molar-refractivity contribution in [3.8, 4) is 101 Å². The van der Waals surface area contributed by atoms with Gasteiger partial charge in [0.1, 0.15) is 0 Å². The Hall–Kier alpha value is -8.08. The molecule has 0 N–H and O–H groups in total. The Labute approximate surface area is 350 Å². The van der Waals surface area contributed by atoms with E-state index < -0.39 is 0 Å². The minimum Gasteiger partial charge on any atom is -0.246 e. The van der Waals surface area contributed by atoms with Crippen LogP contribution in [0.25, 0.3) is 101 Å². The van der Waals surface area contributed by atoms with Crippen LogP contribution in [-0.4, -0.2) is 19.9 Å². The summed E-state index contributed by atoms with van der Waals surface area (Å²) in [5.41, 5.74) is 15.5. The zero-order valence-electron chi connectivity index (χ0n) is 32.7. The monoisotopic (exact) mass is 766 g/mol. The van der Waals surface area contributed by atoms with Crippen LogP contribution in [0.2, 0.25) is 0 Å². The molecule has 4 nitrogen and oxygen atoms in total. The Morgan fingerprint density at radius 1 is 0.183 bits per heavy atom. The molecule has 0 radical (unpaired) electrons. The first kappa shape index (κ1) is 36.3. The highest BCUT2D eigenvalue weighted by Crippen LogP contribution is 2.49. The van der Waals surface area contributed by atoms with Crippen LogP contribution in [0.5, 0.6) is 0 Å². The lowest BCUT2D eigenvalue weighted by molar-refractivity contribution is 1.07. The molecule has 0 aliphatic carbocycles. The highest BCUT2D eigenvalue weighted by molar-refractivity contribution is 6.05. The highest BCUT2D eigenvalue weighted by Gasteiger charge is 2.25. The van der Waals surface area contributed by atoms with E-state index in [1.165, 1.54) is 0 Å². The first-order chi connectivity index (χ1) is 29.8. The maximum Gasteiger partial charge on any atom is 0.164 e. The molecule has 282 valence electrons. The summed E-state index contributed by atoms with van der Waals surface area (Å²) in [4.78, 5) is 20.6. The molecule has 0 saturated heterocycles. The van der Waals surface area contributed by atoms with E-state index in [0.717, 1.165) is 83.7 Å². The summed E-state index contributed by atoms with van der Waals surface area (Å²) in [5, 5.41) is 0. The van der Waals surface area contributed by atoms with Gasteiger partial charge in [0, 0.05) is 44.5 Å². The fraction of sp³-hybridized carbons (Fsp3) is 0. The second-order valence-corrected chi connectivity index (χ2v) is 14.6. The van der Waals surface area contributed by atoms with Crippen molar-refractivity contribution in [2.75, 3.05) is 0 Å². The SMILES string of the molecule is c1ccc(-c2nc(-c3ccccc3)nc(-c3cccc(-c4cccc(-c5c(-c6ccccc6)c(-c6ccccc6)nc(-c6ccccc6)c5-c5ccccc5)c4)c3)n2)cc1. The standard InChI is InChI=1S/C56H38N4/c1-7-21-39(22-8-1)50-49(51(40-23-9-2-10-24-40)53(42-27-13-4-14-28-42)57-52(50)41-25-11-3-12-26-41)47-35-19-33-45(37-47)46-34-20-36-48(38-46)56-59-54(43-29-15-5-16-30-43)58-55(60-56)44-31-17-6-18-32-44/h1-38H. The van der Waals surface area contributed by atoms with E-state index >= 15 is 0 Å². The largest absolute Gasteiger partial charge is 0.246 e. The molecule has 0 bridgehead atoms. The maximum atomic E-state index is 5.62. The summed E-state index contributed by atoms with van der Waals surface area (Å²) in [5.74, 6) is 1.89. The van der Waals surface area contributed by atoms with Gasteiger partial charge in [-0.05, 0) is 39.9 Å². The molecule has 10 aromatic rings. The second-order valence-electron chi connectivity index (χ2n) is 14.6. The van der Waals surface area contributed by atoms with E-state index in [4.69, 9.17) is 19.9 Å². The fourth-order valence-electron chi connectivity index (χ4n) is 7.89. The third-order valence-electron chi connectivity index (χ3n) is 10.7. The molecule has 10 rings (SSSR count). The molecule has 0 spiro atoms. The van der Waals surface area contributed by atoms with Crippen LogP contribution in [0, 0.1) is 0 Å². The Morgan fingerprint density at radius 2 is 0.467 bits per heavy atom. The first-order valence-corrected chi connectivity index (χ1v) is 20.1. The zero-order chi connectivity index (χ0) is 40.1. The van der Waals surface area contributed by atoms with Crippen LogP contribution >= 0.6 is 0 Å². The summed E-state index contributed by atoms with van der Waals surface area (Å²) in [6.07, 6.45) is 0. The van der Waals surface area contributed by atoms with Crippen LogP contribution in [0.3, 0.4) is 0 Å². The lowest BCUT2D eigenvalue weighted by atomic mass is 9.82. The number of rotatable bonds is 9. The smallest absolute Gasteiger partial charge is 0.164 e. The Morgan fingerprint density at radius 3 is 0.867 bits per heavy atom. The average Bonchev–Trinajstić information content (AvgIpc) is 3.35. The minimum atomic E-state index is 0.618. The second kappa shape index (κ2) is 16.4. The lowest BCUT2D eigenvalue weighted by Gasteiger charge is -2.23. The molecule has 0 amide bonds. The van der Waals surface area contributed by atoms with Gasteiger partial charge in [0.05, 0.1) is 11.4 Å². The van der Waals surface area contributed by atoms with Gasteiger partial charge in [-0.1, -0.05) is 218 Å². The zero-order valence-corrected chi connectivity index (χ0v) is 32.7. The number of pyridine rings is 1. The predicted molar refractivity (Wildman–Crippen MR) is 247 cm³/mol. The van der Waals surface area contributed by atoms with Gasteiger partial charge in [0.2, 0.25) is 0 Å². The number of hydrogen-bond donors (Lipinski definition) is 0. The third-order valence-corrected chi connectivity index (χ3v) is 10.7. The van der Waals surface area contributed by atoms with Crippen molar-refractivity contribution in [2.45, 2.75) is 0 Å². The van der Waals surface area contributed by atoms with E-state index in [9.17, 15) is 0 Å². The number of nitrogens with zero attached hydrogens (tertiary/aromatic N) is 4. The summed E-state index contributed by atoms with van der Waals surface area (Å²) in [7, 11) is 0. The Balaban J connectivity index is 1.20. The van der Waals surface area contributed by atoms with Crippen molar-refractivity contribution in [1.82, 2.24) is 19.9 Å². The van der Waals surface area contributed by atoms with Crippen molar-refractivity contribution >= 4 is 0 Å². The van der Waals surface area contributed by atoms with Crippen molar-refractivity contribution in [3.63, 3.8) is 0 Å². The van der Waals surface area contributed by atoms with E-state index in [1.807, 2.05) is 60.7 Å². The summed E-state index contributed by atoms with van der Waals surface area (Å²) >= 11 is 0.